The molecule has 1 saturated carbocycles. The zero-order valence-electron chi connectivity index (χ0n) is 10.8. The first kappa shape index (κ1) is 13.4. The van der Waals surface area contributed by atoms with Crippen LogP contribution in [0.25, 0.3) is 0 Å². The van der Waals surface area contributed by atoms with Crippen molar-refractivity contribution in [2.24, 2.45) is 13.0 Å². The molecule has 2 unspecified atom stereocenters. The van der Waals surface area contributed by atoms with E-state index >= 15 is 0 Å². The number of amides is 1. The SMILES string of the molecule is CN(Cc1cc(Cl)cn1C)C(=O)C1CCCC1O. The summed E-state index contributed by atoms with van der Waals surface area (Å²) < 4.78 is 1.91. The lowest BCUT2D eigenvalue weighted by Crippen LogP contribution is -2.36. The second-order valence-electron chi connectivity index (χ2n) is 5.06. The van der Waals surface area contributed by atoms with E-state index in [1.54, 1.807) is 11.9 Å². The van der Waals surface area contributed by atoms with E-state index in [1.807, 2.05) is 23.9 Å². The number of hydrogen-bond donors (Lipinski definition) is 1. The maximum absolute atomic E-state index is 12.2. The topological polar surface area (TPSA) is 45.5 Å². The number of carbonyl (C=O) groups is 1. The molecule has 18 heavy (non-hydrogen) atoms. The van der Waals surface area contributed by atoms with E-state index in [9.17, 15) is 9.90 Å². The van der Waals surface area contributed by atoms with Crippen LogP contribution in [-0.4, -0.2) is 33.6 Å². The van der Waals surface area contributed by atoms with Crippen molar-refractivity contribution >= 4 is 17.5 Å². The molecule has 1 aromatic heterocycles. The molecule has 0 bridgehead atoms. The lowest BCUT2D eigenvalue weighted by atomic mass is 10.0. The smallest absolute Gasteiger partial charge is 0.228 e. The first-order chi connectivity index (χ1) is 8.49. The van der Waals surface area contributed by atoms with Crippen LogP contribution in [-0.2, 0) is 18.4 Å². The molecule has 1 aliphatic carbocycles. The van der Waals surface area contributed by atoms with Crippen LogP contribution in [0.1, 0.15) is 25.0 Å². The molecule has 0 aliphatic heterocycles. The number of halogens is 1. The van der Waals surface area contributed by atoms with Crippen LogP contribution in [0.4, 0.5) is 0 Å². The van der Waals surface area contributed by atoms with Gasteiger partial charge < -0.3 is 14.6 Å². The van der Waals surface area contributed by atoms with Crippen LogP contribution in [0.5, 0.6) is 0 Å². The summed E-state index contributed by atoms with van der Waals surface area (Å²) in [5, 5.41) is 10.4. The fourth-order valence-corrected chi connectivity index (χ4v) is 2.83. The third kappa shape index (κ3) is 2.70. The number of carbonyl (C=O) groups excluding carboxylic acids is 1. The van der Waals surface area contributed by atoms with E-state index in [0.29, 0.717) is 11.6 Å². The van der Waals surface area contributed by atoms with Crippen LogP contribution >= 0.6 is 11.6 Å². The van der Waals surface area contributed by atoms with E-state index in [2.05, 4.69) is 0 Å². The van der Waals surface area contributed by atoms with Crippen LogP contribution < -0.4 is 0 Å². The molecule has 2 rings (SSSR count). The normalized spacial score (nSPS) is 23.3. The van der Waals surface area contributed by atoms with Gasteiger partial charge in [0.25, 0.3) is 0 Å². The quantitative estimate of drug-likeness (QED) is 0.910. The number of nitrogens with zero attached hydrogens (tertiary/aromatic N) is 2. The highest BCUT2D eigenvalue weighted by molar-refractivity contribution is 6.30. The van der Waals surface area contributed by atoms with Gasteiger partial charge in [0.1, 0.15) is 0 Å². The Kier molecular flexibility index (Phi) is 3.97. The van der Waals surface area contributed by atoms with Crippen molar-refractivity contribution in [3.8, 4) is 0 Å². The van der Waals surface area contributed by atoms with Crippen molar-refractivity contribution < 1.29 is 9.90 Å². The minimum Gasteiger partial charge on any atom is -0.392 e. The summed E-state index contributed by atoms with van der Waals surface area (Å²) in [7, 11) is 3.68. The second-order valence-corrected chi connectivity index (χ2v) is 5.50. The highest BCUT2D eigenvalue weighted by Crippen LogP contribution is 2.27. The maximum atomic E-state index is 12.2. The number of hydrogen-bond acceptors (Lipinski definition) is 2. The molecular formula is C13H19ClN2O2. The molecule has 1 heterocycles. The van der Waals surface area contributed by atoms with E-state index in [-0.39, 0.29) is 11.8 Å². The molecule has 0 spiro atoms. The fourth-order valence-electron chi connectivity index (χ4n) is 2.56. The predicted molar refractivity (Wildman–Crippen MR) is 70.2 cm³/mol. The number of aryl methyl sites for hydroxylation is 1. The molecule has 1 amide bonds. The van der Waals surface area contributed by atoms with Gasteiger partial charge in [0.05, 0.1) is 23.6 Å². The lowest BCUT2D eigenvalue weighted by Gasteiger charge is -2.23. The van der Waals surface area contributed by atoms with Crippen molar-refractivity contribution in [2.45, 2.75) is 31.9 Å². The predicted octanol–water partition coefficient (Wildman–Crippen LogP) is 1.80. The monoisotopic (exact) mass is 270 g/mol. The fraction of sp³-hybridized carbons (Fsp3) is 0.615. The summed E-state index contributed by atoms with van der Waals surface area (Å²) in [6.07, 6.45) is 3.80. The number of rotatable bonds is 3. The summed E-state index contributed by atoms with van der Waals surface area (Å²) in [4.78, 5) is 13.9. The van der Waals surface area contributed by atoms with Gasteiger partial charge in [-0.25, -0.2) is 0 Å². The largest absolute Gasteiger partial charge is 0.392 e. The minimum atomic E-state index is -0.475. The standard InChI is InChI=1S/C13H19ClN2O2/c1-15-7-9(14)6-10(15)8-16(2)13(18)11-4-3-5-12(11)17/h6-7,11-12,17H,3-5,8H2,1-2H3. The summed E-state index contributed by atoms with van der Waals surface area (Å²) in [5.41, 5.74) is 0.989. The zero-order valence-corrected chi connectivity index (χ0v) is 11.5. The van der Waals surface area contributed by atoms with Crippen molar-refractivity contribution in [3.63, 3.8) is 0 Å². The summed E-state index contributed by atoms with van der Waals surface area (Å²) >= 11 is 5.91. The van der Waals surface area contributed by atoms with E-state index < -0.39 is 6.10 Å². The highest BCUT2D eigenvalue weighted by atomic mass is 35.5. The second kappa shape index (κ2) is 5.33. The third-order valence-corrected chi connectivity index (χ3v) is 3.85. The molecule has 0 aromatic carbocycles. The third-order valence-electron chi connectivity index (χ3n) is 3.65. The minimum absolute atomic E-state index is 0.0253. The Morgan fingerprint density at radius 1 is 1.61 bits per heavy atom. The van der Waals surface area contributed by atoms with E-state index in [1.165, 1.54) is 0 Å². The van der Waals surface area contributed by atoms with Crippen LogP contribution in [0.3, 0.4) is 0 Å². The van der Waals surface area contributed by atoms with Gasteiger partial charge in [-0.2, -0.15) is 0 Å². The molecule has 2 atom stereocenters. The molecule has 5 heteroatoms. The summed E-state index contributed by atoms with van der Waals surface area (Å²) in [6, 6.07) is 1.86. The maximum Gasteiger partial charge on any atom is 0.228 e. The van der Waals surface area contributed by atoms with E-state index in [4.69, 9.17) is 11.6 Å². The average molecular weight is 271 g/mol. The molecular weight excluding hydrogens is 252 g/mol. The van der Waals surface area contributed by atoms with Gasteiger partial charge >= 0.3 is 0 Å². The molecule has 4 nitrogen and oxygen atoms in total. The van der Waals surface area contributed by atoms with Crippen molar-refractivity contribution in [2.75, 3.05) is 7.05 Å². The van der Waals surface area contributed by atoms with Gasteiger partial charge in [-0.1, -0.05) is 11.6 Å². The molecule has 1 fully saturated rings. The number of aromatic nitrogens is 1. The zero-order chi connectivity index (χ0) is 13.3. The first-order valence-electron chi connectivity index (χ1n) is 6.23. The molecule has 1 N–H and O–H groups in total. The first-order valence-corrected chi connectivity index (χ1v) is 6.60. The van der Waals surface area contributed by atoms with Gasteiger partial charge in [0.15, 0.2) is 0 Å². The summed E-state index contributed by atoms with van der Waals surface area (Å²) in [5.74, 6) is -0.205. The van der Waals surface area contributed by atoms with Crippen LogP contribution in [0, 0.1) is 5.92 Å². The highest BCUT2D eigenvalue weighted by Gasteiger charge is 2.33. The van der Waals surface area contributed by atoms with Crippen molar-refractivity contribution in [3.05, 3.63) is 23.0 Å². The molecule has 100 valence electrons. The van der Waals surface area contributed by atoms with Crippen LogP contribution in [0.15, 0.2) is 12.3 Å². The lowest BCUT2D eigenvalue weighted by molar-refractivity contribution is -0.137. The van der Waals surface area contributed by atoms with Gasteiger partial charge in [0, 0.05) is 26.0 Å². The molecule has 0 radical (unpaired) electrons. The van der Waals surface area contributed by atoms with E-state index in [0.717, 1.165) is 25.0 Å². The Morgan fingerprint density at radius 2 is 2.33 bits per heavy atom. The average Bonchev–Trinajstić information content (AvgIpc) is 2.85. The van der Waals surface area contributed by atoms with Gasteiger partial charge in [-0.15, -0.1) is 0 Å². The Morgan fingerprint density at radius 3 is 2.83 bits per heavy atom. The number of aliphatic hydroxyl groups excluding tert-OH is 1. The Balaban J connectivity index is 2.01. The Hall–Kier alpha value is -1.00. The molecule has 0 saturated heterocycles. The molecule has 1 aliphatic rings. The van der Waals surface area contributed by atoms with Gasteiger partial charge in [-0.3, -0.25) is 4.79 Å². The van der Waals surface area contributed by atoms with Gasteiger partial charge in [-0.05, 0) is 25.3 Å². The van der Waals surface area contributed by atoms with Crippen LogP contribution in [0.2, 0.25) is 5.02 Å². The van der Waals surface area contributed by atoms with Gasteiger partial charge in [0.2, 0.25) is 5.91 Å². The Labute approximate surface area is 112 Å². The Bertz CT molecular complexity index is 444. The van der Waals surface area contributed by atoms with Crippen molar-refractivity contribution in [1.82, 2.24) is 9.47 Å². The summed E-state index contributed by atoms with van der Waals surface area (Å²) in [6.45, 7) is 0.519. The van der Waals surface area contributed by atoms with Crippen molar-refractivity contribution in [1.29, 1.82) is 0 Å². The number of aliphatic hydroxyl groups is 1. The molecule has 1 aromatic rings.